The molecule has 0 saturated heterocycles. The molecule has 1 heterocycles. The molecule has 1 aromatic heterocycles. The molecule has 0 saturated carbocycles. The Balaban J connectivity index is 2.21. The summed E-state index contributed by atoms with van der Waals surface area (Å²) < 4.78 is 13.8. The van der Waals surface area contributed by atoms with Crippen LogP contribution in [-0.4, -0.2) is 10.8 Å². The van der Waals surface area contributed by atoms with E-state index in [4.69, 9.17) is 23.2 Å². The summed E-state index contributed by atoms with van der Waals surface area (Å²) in [5, 5.41) is 1.33. The number of nitrogens with one attached hydrogen (secondary N) is 1. The van der Waals surface area contributed by atoms with Crippen molar-refractivity contribution in [3.8, 4) is 0 Å². The molecule has 0 unspecified atom stereocenters. The van der Waals surface area contributed by atoms with Crippen LogP contribution in [0.2, 0.25) is 10.0 Å². The first-order valence-corrected chi connectivity index (χ1v) is 6.59. The van der Waals surface area contributed by atoms with E-state index in [1.807, 2.05) is 0 Å². The monoisotopic (exact) mass is 307 g/mol. The summed E-state index contributed by atoms with van der Waals surface area (Å²) in [5.74, 6) is -1.06. The highest BCUT2D eigenvalue weighted by Gasteiger charge is 2.19. The Morgan fingerprint density at radius 3 is 2.70 bits per heavy atom. The molecule has 0 amide bonds. The summed E-state index contributed by atoms with van der Waals surface area (Å²) >= 11 is 11.9. The lowest BCUT2D eigenvalue weighted by Gasteiger charge is -2.03. The molecule has 100 valence electrons. The van der Waals surface area contributed by atoms with Crippen LogP contribution in [0.25, 0.3) is 10.9 Å². The highest BCUT2D eigenvalue weighted by molar-refractivity contribution is 6.37. The fourth-order valence-electron chi connectivity index (χ4n) is 2.14. The van der Waals surface area contributed by atoms with Crippen LogP contribution in [0.5, 0.6) is 0 Å². The lowest BCUT2D eigenvalue weighted by molar-refractivity contribution is 0.103. The quantitative estimate of drug-likeness (QED) is 0.675. The lowest BCUT2D eigenvalue weighted by Crippen LogP contribution is -2.03. The van der Waals surface area contributed by atoms with Crippen molar-refractivity contribution in [2.24, 2.45) is 0 Å². The van der Waals surface area contributed by atoms with Gasteiger partial charge in [-0.3, -0.25) is 4.79 Å². The van der Waals surface area contributed by atoms with Crippen molar-refractivity contribution in [1.29, 1.82) is 0 Å². The molecule has 3 rings (SSSR count). The van der Waals surface area contributed by atoms with Crippen LogP contribution in [0.3, 0.4) is 0 Å². The maximum Gasteiger partial charge on any atom is 0.198 e. The van der Waals surface area contributed by atoms with Gasteiger partial charge in [-0.05, 0) is 30.3 Å². The van der Waals surface area contributed by atoms with Gasteiger partial charge < -0.3 is 4.98 Å². The number of hydrogen-bond donors (Lipinski definition) is 1. The molecule has 0 fully saturated rings. The number of aromatic amines is 1. The predicted molar refractivity (Wildman–Crippen MR) is 78.2 cm³/mol. The molecule has 0 bridgehead atoms. The molecule has 0 atom stereocenters. The van der Waals surface area contributed by atoms with Gasteiger partial charge in [0.25, 0.3) is 0 Å². The topological polar surface area (TPSA) is 32.9 Å². The van der Waals surface area contributed by atoms with Gasteiger partial charge in [0.2, 0.25) is 0 Å². The van der Waals surface area contributed by atoms with Crippen molar-refractivity contribution in [2.75, 3.05) is 0 Å². The van der Waals surface area contributed by atoms with Crippen molar-refractivity contribution in [2.45, 2.75) is 0 Å². The molecule has 0 spiro atoms. The van der Waals surface area contributed by atoms with E-state index in [2.05, 4.69) is 4.98 Å². The Kier molecular flexibility index (Phi) is 3.24. The molecule has 3 aromatic rings. The minimum Gasteiger partial charge on any atom is -0.360 e. The molecule has 20 heavy (non-hydrogen) atoms. The number of halogens is 3. The van der Waals surface area contributed by atoms with Gasteiger partial charge in [0.05, 0.1) is 10.6 Å². The maximum absolute atomic E-state index is 13.8. The Bertz CT molecular complexity index is 826. The van der Waals surface area contributed by atoms with Crippen molar-refractivity contribution < 1.29 is 9.18 Å². The van der Waals surface area contributed by atoms with Crippen LogP contribution >= 0.6 is 23.2 Å². The summed E-state index contributed by atoms with van der Waals surface area (Å²) in [6.07, 6.45) is 1.53. The molecule has 2 aromatic carbocycles. The minimum absolute atomic E-state index is 0.0710. The third-order valence-electron chi connectivity index (χ3n) is 3.07. The smallest absolute Gasteiger partial charge is 0.198 e. The first kappa shape index (κ1) is 13.2. The standard InChI is InChI=1S/C15H8Cl2FNO/c16-8-4-5-12(18)9(6-8)15(20)10-7-19-13-3-1-2-11(17)14(10)13/h1-7,19H. The van der Waals surface area contributed by atoms with Gasteiger partial charge in [-0.15, -0.1) is 0 Å². The summed E-state index contributed by atoms with van der Waals surface area (Å²) in [6.45, 7) is 0. The zero-order valence-corrected chi connectivity index (χ0v) is 11.6. The molecule has 1 N–H and O–H groups in total. The Morgan fingerprint density at radius 2 is 1.90 bits per heavy atom. The van der Waals surface area contributed by atoms with E-state index < -0.39 is 11.6 Å². The molecule has 2 nitrogen and oxygen atoms in total. The first-order valence-electron chi connectivity index (χ1n) is 5.83. The zero-order chi connectivity index (χ0) is 14.3. The van der Waals surface area contributed by atoms with Gasteiger partial charge >= 0.3 is 0 Å². The van der Waals surface area contributed by atoms with E-state index in [0.29, 0.717) is 21.0 Å². The number of aromatic nitrogens is 1. The first-order chi connectivity index (χ1) is 9.58. The summed E-state index contributed by atoms with van der Waals surface area (Å²) in [7, 11) is 0. The summed E-state index contributed by atoms with van der Waals surface area (Å²) in [5.41, 5.74) is 0.980. The molecule has 0 aliphatic heterocycles. The third kappa shape index (κ3) is 2.09. The van der Waals surface area contributed by atoms with E-state index in [1.54, 1.807) is 18.2 Å². The summed E-state index contributed by atoms with van der Waals surface area (Å²) in [4.78, 5) is 15.4. The van der Waals surface area contributed by atoms with Crippen LogP contribution in [0.15, 0.2) is 42.6 Å². The molecule has 0 aliphatic carbocycles. The van der Waals surface area contributed by atoms with Gasteiger partial charge in [-0.1, -0.05) is 29.3 Å². The summed E-state index contributed by atoms with van der Waals surface area (Å²) in [6, 6.07) is 9.14. The van der Waals surface area contributed by atoms with Crippen LogP contribution in [0, 0.1) is 5.82 Å². The molecule has 0 aliphatic rings. The maximum atomic E-state index is 13.8. The van der Waals surface area contributed by atoms with E-state index in [1.165, 1.54) is 24.4 Å². The molecule has 0 radical (unpaired) electrons. The second-order valence-electron chi connectivity index (χ2n) is 4.32. The van der Waals surface area contributed by atoms with Crippen LogP contribution < -0.4 is 0 Å². The molecule has 5 heteroatoms. The van der Waals surface area contributed by atoms with Crippen LogP contribution in [0.4, 0.5) is 4.39 Å². The van der Waals surface area contributed by atoms with E-state index >= 15 is 0 Å². The van der Waals surface area contributed by atoms with Gasteiger partial charge in [-0.25, -0.2) is 4.39 Å². The highest BCUT2D eigenvalue weighted by atomic mass is 35.5. The zero-order valence-electron chi connectivity index (χ0n) is 10.1. The van der Waals surface area contributed by atoms with Gasteiger partial charge in [-0.2, -0.15) is 0 Å². The van der Waals surface area contributed by atoms with E-state index in [0.717, 1.165) is 5.52 Å². The largest absolute Gasteiger partial charge is 0.360 e. The van der Waals surface area contributed by atoms with Gasteiger partial charge in [0.15, 0.2) is 5.78 Å². The van der Waals surface area contributed by atoms with Crippen molar-refractivity contribution in [1.82, 2.24) is 4.98 Å². The third-order valence-corrected chi connectivity index (χ3v) is 3.62. The average Bonchev–Trinajstić information content (AvgIpc) is 2.86. The number of carbonyl (C=O) groups is 1. The number of fused-ring (bicyclic) bond motifs is 1. The Hall–Kier alpha value is -1.84. The molecular formula is C15H8Cl2FNO. The molecular weight excluding hydrogens is 300 g/mol. The van der Waals surface area contributed by atoms with Crippen LogP contribution in [0.1, 0.15) is 15.9 Å². The Morgan fingerprint density at radius 1 is 1.10 bits per heavy atom. The predicted octanol–water partition coefficient (Wildman–Crippen LogP) is 4.84. The van der Waals surface area contributed by atoms with Crippen molar-refractivity contribution >= 4 is 39.9 Å². The second-order valence-corrected chi connectivity index (χ2v) is 5.16. The number of ketones is 1. The fourth-order valence-corrected chi connectivity index (χ4v) is 2.58. The number of carbonyl (C=O) groups excluding carboxylic acids is 1. The average molecular weight is 308 g/mol. The minimum atomic E-state index is -0.610. The van der Waals surface area contributed by atoms with Crippen LogP contribution in [-0.2, 0) is 0 Å². The Labute approximate surface area is 124 Å². The number of benzene rings is 2. The number of H-pyrrole nitrogens is 1. The fraction of sp³-hybridized carbons (Fsp3) is 0. The second kappa shape index (κ2) is 4.93. The van der Waals surface area contributed by atoms with E-state index in [-0.39, 0.29) is 5.56 Å². The lowest BCUT2D eigenvalue weighted by atomic mass is 10.0. The van der Waals surface area contributed by atoms with Crippen molar-refractivity contribution in [3.05, 3.63) is 69.6 Å². The van der Waals surface area contributed by atoms with Gasteiger partial charge in [0.1, 0.15) is 5.82 Å². The normalized spacial score (nSPS) is 10.9. The van der Waals surface area contributed by atoms with Gasteiger partial charge in [0, 0.05) is 27.7 Å². The SMILES string of the molecule is O=C(c1cc(Cl)ccc1F)c1c[nH]c2cccc(Cl)c12. The van der Waals surface area contributed by atoms with Crippen molar-refractivity contribution in [3.63, 3.8) is 0 Å². The number of rotatable bonds is 2. The van der Waals surface area contributed by atoms with E-state index in [9.17, 15) is 9.18 Å². The highest BCUT2D eigenvalue weighted by Crippen LogP contribution is 2.29. The number of hydrogen-bond acceptors (Lipinski definition) is 1.